The minimum absolute atomic E-state index is 0.361. The summed E-state index contributed by atoms with van der Waals surface area (Å²) in [7, 11) is 0. The predicted molar refractivity (Wildman–Crippen MR) is 42.3 cm³/mol. The third-order valence-electron chi connectivity index (χ3n) is 0.662. The predicted octanol–water partition coefficient (Wildman–Crippen LogP) is 1.68. The molecule has 0 aliphatic carbocycles. The molecule has 9 heavy (non-hydrogen) atoms. The molecule has 0 aromatic rings. The molecule has 0 fully saturated rings. The number of hydrogen-bond donors (Lipinski definition) is 0. The van der Waals surface area contributed by atoms with Gasteiger partial charge in [0, 0.05) is 18.5 Å². The van der Waals surface area contributed by atoms with E-state index in [4.69, 9.17) is 0 Å². The van der Waals surface area contributed by atoms with Crippen LogP contribution in [0.3, 0.4) is 0 Å². The highest BCUT2D eigenvalue weighted by Gasteiger charge is 1.78. The van der Waals surface area contributed by atoms with Gasteiger partial charge in [0.25, 0.3) is 0 Å². The van der Waals surface area contributed by atoms with Gasteiger partial charge in [0.15, 0.2) is 0 Å². The van der Waals surface area contributed by atoms with E-state index in [1.54, 1.807) is 18.5 Å². The highest BCUT2D eigenvalue weighted by atomic mass is 14.7. The van der Waals surface area contributed by atoms with E-state index in [1.807, 2.05) is 13.8 Å². The van der Waals surface area contributed by atoms with Gasteiger partial charge in [-0.15, -0.1) is 0 Å². The summed E-state index contributed by atoms with van der Waals surface area (Å²) in [5.41, 5.74) is 0. The Labute approximate surface area is 56.0 Å². The minimum Gasteiger partial charge on any atom is -0.290 e. The molecule has 0 saturated heterocycles. The van der Waals surface area contributed by atoms with Gasteiger partial charge in [-0.2, -0.15) is 0 Å². The molecule has 2 nitrogen and oxygen atoms in total. The smallest absolute Gasteiger partial charge is 0.0443 e. The molecule has 0 saturated carbocycles. The van der Waals surface area contributed by atoms with Crippen LogP contribution in [-0.4, -0.2) is 19.0 Å². The van der Waals surface area contributed by atoms with Crippen molar-refractivity contribution < 1.29 is 0 Å². The molecule has 0 N–H and O–H groups in total. The molecule has 0 aliphatic heterocycles. The van der Waals surface area contributed by atoms with Crippen LogP contribution in [0.2, 0.25) is 0 Å². The van der Waals surface area contributed by atoms with E-state index in [1.165, 1.54) is 0 Å². The average molecular weight is 124 g/mol. The molecule has 0 heterocycles. The Morgan fingerprint density at radius 1 is 1.44 bits per heavy atom. The number of hydrogen-bond acceptors (Lipinski definition) is 2. The Bertz CT molecular complexity index is 123. The maximum atomic E-state index is 4.06. The fraction of sp³-hybridized carbons (Fsp3) is 0.429. The van der Waals surface area contributed by atoms with Crippen LogP contribution in [0.1, 0.15) is 13.8 Å². The molecule has 0 radical (unpaired) electrons. The van der Waals surface area contributed by atoms with Gasteiger partial charge in [-0.3, -0.25) is 9.98 Å². The molecule has 0 bridgehead atoms. The van der Waals surface area contributed by atoms with Crippen molar-refractivity contribution in [3.8, 4) is 0 Å². The zero-order chi connectivity index (χ0) is 7.11. The van der Waals surface area contributed by atoms with Crippen LogP contribution < -0.4 is 0 Å². The molecule has 0 aliphatic rings. The Hall–Kier alpha value is -0.920. The minimum atomic E-state index is 0.361. The fourth-order valence-corrected chi connectivity index (χ4v) is 0.321. The van der Waals surface area contributed by atoms with Crippen LogP contribution in [0, 0.1) is 0 Å². The Balaban J connectivity index is 3.46. The van der Waals surface area contributed by atoms with Crippen molar-refractivity contribution in [1.82, 2.24) is 0 Å². The number of rotatable bonds is 3. The molecular weight excluding hydrogens is 112 g/mol. The first kappa shape index (κ1) is 8.08. The molecule has 0 rings (SSSR count). The Kier molecular flexibility index (Phi) is 4.69. The summed E-state index contributed by atoms with van der Waals surface area (Å²) in [6, 6.07) is 0.361. The van der Waals surface area contributed by atoms with Crippen molar-refractivity contribution in [1.29, 1.82) is 0 Å². The molecule has 0 aromatic carbocycles. The van der Waals surface area contributed by atoms with Gasteiger partial charge in [0.2, 0.25) is 0 Å². The molecule has 2 heteroatoms. The van der Waals surface area contributed by atoms with Crippen molar-refractivity contribution in [2.75, 3.05) is 0 Å². The maximum absolute atomic E-state index is 4.06. The second-order valence-corrected chi connectivity index (χ2v) is 1.92. The van der Waals surface area contributed by atoms with Crippen LogP contribution in [0.15, 0.2) is 22.3 Å². The van der Waals surface area contributed by atoms with Crippen LogP contribution in [0.5, 0.6) is 0 Å². The van der Waals surface area contributed by atoms with Crippen molar-refractivity contribution in [3.63, 3.8) is 0 Å². The van der Waals surface area contributed by atoms with Crippen LogP contribution >= 0.6 is 0 Å². The number of allylic oxidation sites excluding steroid dienone is 1. The summed E-state index contributed by atoms with van der Waals surface area (Å²) < 4.78 is 0. The van der Waals surface area contributed by atoms with E-state index < -0.39 is 0 Å². The van der Waals surface area contributed by atoms with Gasteiger partial charge in [-0.05, 0) is 26.6 Å². The molecular formula is C7H12N2. The molecule has 0 aromatic heterocycles. The summed E-state index contributed by atoms with van der Waals surface area (Å²) in [6.45, 7) is 7.32. The maximum Gasteiger partial charge on any atom is 0.0443 e. The number of aliphatic imine (C=N–C) groups is 2. The van der Waals surface area contributed by atoms with Gasteiger partial charge in [-0.25, -0.2) is 0 Å². The number of nitrogens with zero attached hydrogens (tertiary/aromatic N) is 2. The molecule has 50 valence electrons. The quantitative estimate of drug-likeness (QED) is 0.511. The summed E-state index contributed by atoms with van der Waals surface area (Å²) in [5, 5.41) is 0. The topological polar surface area (TPSA) is 24.7 Å². The lowest BCUT2D eigenvalue weighted by Gasteiger charge is -1.89. The van der Waals surface area contributed by atoms with Gasteiger partial charge in [-0.1, -0.05) is 0 Å². The summed E-state index contributed by atoms with van der Waals surface area (Å²) in [5.74, 6) is 0. The fourth-order valence-electron chi connectivity index (χ4n) is 0.321. The van der Waals surface area contributed by atoms with Crippen molar-refractivity contribution in [2.45, 2.75) is 19.9 Å². The third-order valence-corrected chi connectivity index (χ3v) is 0.662. The second kappa shape index (κ2) is 5.22. The molecule has 0 unspecified atom stereocenters. The van der Waals surface area contributed by atoms with Gasteiger partial charge in [0.05, 0.1) is 0 Å². The van der Waals surface area contributed by atoms with E-state index >= 15 is 0 Å². The highest BCUT2D eigenvalue weighted by molar-refractivity contribution is 5.71. The van der Waals surface area contributed by atoms with E-state index in [0.717, 1.165) is 0 Å². The first-order valence-corrected chi connectivity index (χ1v) is 2.91. The van der Waals surface area contributed by atoms with Gasteiger partial charge < -0.3 is 0 Å². The SMILES string of the molecule is C=N/C=C\C=NC(C)C. The van der Waals surface area contributed by atoms with E-state index in [2.05, 4.69) is 16.7 Å². The molecule has 0 amide bonds. The van der Waals surface area contributed by atoms with Crippen LogP contribution in [0.4, 0.5) is 0 Å². The Morgan fingerprint density at radius 2 is 2.11 bits per heavy atom. The van der Waals surface area contributed by atoms with E-state index in [-0.39, 0.29) is 0 Å². The first-order chi connectivity index (χ1) is 4.27. The Morgan fingerprint density at radius 3 is 2.56 bits per heavy atom. The second-order valence-electron chi connectivity index (χ2n) is 1.92. The lowest BCUT2D eigenvalue weighted by molar-refractivity contribution is 0.842. The van der Waals surface area contributed by atoms with Crippen molar-refractivity contribution in [2.24, 2.45) is 9.98 Å². The zero-order valence-electron chi connectivity index (χ0n) is 5.91. The lowest BCUT2D eigenvalue weighted by Crippen LogP contribution is -1.86. The third kappa shape index (κ3) is 7.08. The van der Waals surface area contributed by atoms with Crippen molar-refractivity contribution >= 4 is 12.9 Å². The van der Waals surface area contributed by atoms with Crippen LogP contribution in [0.25, 0.3) is 0 Å². The molecule has 0 atom stereocenters. The summed E-state index contributed by atoms with van der Waals surface area (Å²) >= 11 is 0. The standard InChI is InChI=1S/C7H12N2/c1-7(2)9-6-4-5-8-3/h4-7H,3H2,1-2H3/b5-4-,9-6?. The van der Waals surface area contributed by atoms with Crippen molar-refractivity contribution in [3.05, 3.63) is 12.3 Å². The van der Waals surface area contributed by atoms with Gasteiger partial charge >= 0.3 is 0 Å². The highest BCUT2D eigenvalue weighted by Crippen LogP contribution is 1.82. The van der Waals surface area contributed by atoms with Crippen LogP contribution in [-0.2, 0) is 0 Å². The van der Waals surface area contributed by atoms with E-state index in [9.17, 15) is 0 Å². The first-order valence-electron chi connectivity index (χ1n) is 2.91. The zero-order valence-corrected chi connectivity index (χ0v) is 5.91. The normalized spacial score (nSPS) is 11.9. The monoisotopic (exact) mass is 124 g/mol. The van der Waals surface area contributed by atoms with E-state index in [0.29, 0.717) is 6.04 Å². The average Bonchev–Trinajstić information content (AvgIpc) is 1.80. The molecule has 0 spiro atoms. The summed E-state index contributed by atoms with van der Waals surface area (Å²) in [4.78, 5) is 7.57. The van der Waals surface area contributed by atoms with Gasteiger partial charge in [0.1, 0.15) is 0 Å². The lowest BCUT2D eigenvalue weighted by atomic mass is 10.4. The largest absolute Gasteiger partial charge is 0.290 e. The summed E-state index contributed by atoms with van der Waals surface area (Å²) in [6.07, 6.45) is 5.08.